The van der Waals surface area contributed by atoms with E-state index in [9.17, 15) is 4.79 Å². The molecule has 5 nitrogen and oxygen atoms in total. The first-order valence-corrected chi connectivity index (χ1v) is 11.8. The van der Waals surface area contributed by atoms with Crippen LogP contribution in [0.25, 0.3) is 0 Å². The number of furan rings is 1. The molecule has 1 aromatic carbocycles. The van der Waals surface area contributed by atoms with E-state index in [-0.39, 0.29) is 11.3 Å². The number of fused-ring (bicyclic) bond motifs is 1. The van der Waals surface area contributed by atoms with Crippen molar-refractivity contribution in [1.82, 2.24) is 0 Å². The Balaban J connectivity index is 1.71. The van der Waals surface area contributed by atoms with Gasteiger partial charge in [-0.25, -0.2) is 4.99 Å². The van der Waals surface area contributed by atoms with Gasteiger partial charge in [-0.05, 0) is 67.3 Å². The lowest BCUT2D eigenvalue weighted by atomic mass is 9.72. The van der Waals surface area contributed by atoms with Crippen molar-refractivity contribution in [3.8, 4) is 5.75 Å². The fourth-order valence-corrected chi connectivity index (χ4v) is 5.48. The second-order valence-corrected chi connectivity index (χ2v) is 10.4. The maximum absolute atomic E-state index is 13.5. The number of anilines is 1. The number of thiophene rings is 1. The number of carbonyl (C=O) groups is 1. The van der Waals surface area contributed by atoms with Gasteiger partial charge in [-0.15, -0.1) is 11.3 Å². The highest BCUT2D eigenvalue weighted by atomic mass is 32.1. The zero-order valence-electron chi connectivity index (χ0n) is 19.3. The van der Waals surface area contributed by atoms with Crippen molar-refractivity contribution < 1.29 is 13.9 Å². The third kappa shape index (κ3) is 4.65. The van der Waals surface area contributed by atoms with Crippen LogP contribution in [-0.4, -0.2) is 19.2 Å². The predicted molar refractivity (Wildman–Crippen MR) is 131 cm³/mol. The smallest absolute Gasteiger partial charge is 0.259 e. The second kappa shape index (κ2) is 8.94. The first-order chi connectivity index (χ1) is 15.3. The summed E-state index contributed by atoms with van der Waals surface area (Å²) in [6.45, 7) is 8.79. The maximum atomic E-state index is 13.5. The van der Waals surface area contributed by atoms with Crippen molar-refractivity contribution >= 4 is 34.1 Å². The number of amides is 1. The monoisotopic (exact) mass is 450 g/mol. The highest BCUT2D eigenvalue weighted by Gasteiger charge is 2.33. The number of benzene rings is 1. The number of carbonyl (C=O) groups excluding carboxylic acids is 1. The van der Waals surface area contributed by atoms with E-state index in [1.807, 2.05) is 43.3 Å². The average Bonchev–Trinajstić information content (AvgIpc) is 3.34. The van der Waals surface area contributed by atoms with E-state index in [0.717, 1.165) is 35.6 Å². The molecule has 2 aromatic heterocycles. The van der Waals surface area contributed by atoms with Gasteiger partial charge in [-0.1, -0.05) is 32.9 Å². The molecule has 0 aliphatic heterocycles. The average molecular weight is 451 g/mol. The molecule has 0 radical (unpaired) electrons. The first-order valence-electron chi connectivity index (χ1n) is 11.0. The van der Waals surface area contributed by atoms with Crippen LogP contribution in [0, 0.1) is 18.3 Å². The summed E-state index contributed by atoms with van der Waals surface area (Å²) in [5, 5.41) is 3.77. The van der Waals surface area contributed by atoms with Crippen LogP contribution < -0.4 is 10.1 Å². The molecular weight excluding hydrogens is 420 g/mol. The Kier molecular flexibility index (Phi) is 6.24. The molecule has 0 fully saturated rings. The number of rotatable bonds is 5. The minimum Gasteiger partial charge on any atom is -0.495 e. The second-order valence-electron chi connectivity index (χ2n) is 9.35. The molecule has 1 aliphatic rings. The molecule has 2 heterocycles. The van der Waals surface area contributed by atoms with Crippen LogP contribution in [0.1, 0.15) is 59.5 Å². The van der Waals surface area contributed by atoms with Gasteiger partial charge in [0.1, 0.15) is 22.3 Å². The molecule has 1 amide bonds. The molecule has 1 atom stereocenters. The number of methoxy groups -OCH3 is 1. The van der Waals surface area contributed by atoms with E-state index in [1.54, 1.807) is 24.7 Å². The topological polar surface area (TPSA) is 63.8 Å². The summed E-state index contributed by atoms with van der Waals surface area (Å²) >= 11 is 1.63. The summed E-state index contributed by atoms with van der Waals surface area (Å²) in [7, 11) is 1.60. The van der Waals surface area contributed by atoms with Gasteiger partial charge < -0.3 is 14.5 Å². The Morgan fingerprint density at radius 2 is 2.03 bits per heavy atom. The standard InChI is InChI=1S/C26H30N2O3S/c1-16-10-12-18(31-16)15-27-25-23(24(29)28-20-8-6-7-9-21(20)30-5)19-13-11-17(26(2,3)4)14-22(19)32-25/h6-10,12,15,17H,11,13-14H2,1-5H3,(H,28,29)/t17-/m1/s1. The lowest BCUT2D eigenvalue weighted by Crippen LogP contribution is -2.27. The Morgan fingerprint density at radius 1 is 1.25 bits per heavy atom. The molecule has 0 spiro atoms. The molecule has 32 heavy (non-hydrogen) atoms. The molecule has 1 N–H and O–H groups in total. The van der Waals surface area contributed by atoms with Gasteiger partial charge in [-0.3, -0.25) is 4.79 Å². The Morgan fingerprint density at radius 3 is 2.72 bits per heavy atom. The number of nitrogens with zero attached hydrogens (tertiary/aromatic N) is 1. The van der Waals surface area contributed by atoms with Crippen molar-refractivity contribution in [1.29, 1.82) is 0 Å². The van der Waals surface area contributed by atoms with E-state index in [0.29, 0.717) is 28.7 Å². The zero-order valence-corrected chi connectivity index (χ0v) is 20.1. The third-order valence-corrected chi connectivity index (χ3v) is 7.29. The summed E-state index contributed by atoms with van der Waals surface area (Å²) < 4.78 is 11.0. The molecule has 3 aromatic rings. The number of ether oxygens (including phenoxy) is 1. The highest BCUT2D eigenvalue weighted by molar-refractivity contribution is 7.16. The predicted octanol–water partition coefficient (Wildman–Crippen LogP) is 6.81. The summed E-state index contributed by atoms with van der Waals surface area (Å²) in [5.41, 5.74) is 2.68. The summed E-state index contributed by atoms with van der Waals surface area (Å²) in [6, 6.07) is 11.2. The van der Waals surface area contributed by atoms with Crippen molar-refractivity contribution in [2.45, 2.75) is 47.0 Å². The minimum absolute atomic E-state index is 0.149. The van der Waals surface area contributed by atoms with Crippen LogP contribution in [0.2, 0.25) is 0 Å². The SMILES string of the molecule is COc1ccccc1NC(=O)c1c(N=Cc2ccc(C)o2)sc2c1CC[C@@H](C(C)(C)C)C2. The highest BCUT2D eigenvalue weighted by Crippen LogP contribution is 2.45. The van der Waals surface area contributed by atoms with Crippen LogP contribution in [0.5, 0.6) is 5.75 Å². The van der Waals surface area contributed by atoms with Crippen LogP contribution >= 0.6 is 11.3 Å². The molecular formula is C26H30N2O3S. The lowest BCUT2D eigenvalue weighted by Gasteiger charge is -2.33. The van der Waals surface area contributed by atoms with E-state index in [1.165, 1.54) is 4.88 Å². The van der Waals surface area contributed by atoms with Gasteiger partial charge in [0.15, 0.2) is 0 Å². The van der Waals surface area contributed by atoms with E-state index >= 15 is 0 Å². The molecule has 0 unspecified atom stereocenters. The molecule has 4 rings (SSSR count). The molecule has 6 heteroatoms. The minimum atomic E-state index is -0.149. The fourth-order valence-electron chi connectivity index (χ4n) is 4.21. The molecule has 168 valence electrons. The van der Waals surface area contributed by atoms with Gasteiger partial charge in [0.2, 0.25) is 0 Å². The lowest BCUT2D eigenvalue weighted by molar-refractivity contribution is 0.102. The van der Waals surface area contributed by atoms with Crippen molar-refractivity contribution in [3.63, 3.8) is 0 Å². The number of aryl methyl sites for hydroxylation is 1. The van der Waals surface area contributed by atoms with Crippen molar-refractivity contribution in [3.05, 3.63) is 63.9 Å². The van der Waals surface area contributed by atoms with Gasteiger partial charge in [0.25, 0.3) is 5.91 Å². The van der Waals surface area contributed by atoms with E-state index in [4.69, 9.17) is 14.1 Å². The zero-order chi connectivity index (χ0) is 22.9. The fraction of sp³-hybridized carbons (Fsp3) is 0.385. The van der Waals surface area contributed by atoms with Crippen LogP contribution in [0.3, 0.4) is 0 Å². The third-order valence-electron chi connectivity index (χ3n) is 6.12. The van der Waals surface area contributed by atoms with Crippen LogP contribution in [-0.2, 0) is 12.8 Å². The largest absolute Gasteiger partial charge is 0.495 e. The van der Waals surface area contributed by atoms with E-state index in [2.05, 4.69) is 26.1 Å². The van der Waals surface area contributed by atoms with Gasteiger partial charge >= 0.3 is 0 Å². The van der Waals surface area contributed by atoms with Crippen LogP contribution in [0.15, 0.2) is 45.8 Å². The van der Waals surface area contributed by atoms with Crippen molar-refractivity contribution in [2.75, 3.05) is 12.4 Å². The quantitative estimate of drug-likeness (QED) is 0.434. The number of nitrogens with one attached hydrogen (secondary N) is 1. The number of hydrogen-bond acceptors (Lipinski definition) is 5. The summed E-state index contributed by atoms with van der Waals surface area (Å²) in [4.78, 5) is 19.4. The molecule has 0 saturated heterocycles. The maximum Gasteiger partial charge on any atom is 0.259 e. The normalized spacial score (nSPS) is 16.2. The molecule has 0 bridgehead atoms. The molecule has 1 aliphatic carbocycles. The van der Waals surface area contributed by atoms with Gasteiger partial charge in [-0.2, -0.15) is 0 Å². The number of hydrogen-bond donors (Lipinski definition) is 1. The first kappa shape index (κ1) is 22.3. The van der Waals surface area contributed by atoms with Gasteiger partial charge in [0.05, 0.1) is 24.6 Å². The Hall–Kier alpha value is -2.86. The molecule has 0 saturated carbocycles. The number of aliphatic imine (C=N–C) groups is 1. The van der Waals surface area contributed by atoms with Crippen LogP contribution in [0.4, 0.5) is 10.7 Å². The van der Waals surface area contributed by atoms with E-state index < -0.39 is 0 Å². The van der Waals surface area contributed by atoms with Gasteiger partial charge in [0, 0.05) is 4.88 Å². The summed E-state index contributed by atoms with van der Waals surface area (Å²) in [6.07, 6.45) is 4.64. The van der Waals surface area contributed by atoms with Crippen molar-refractivity contribution in [2.24, 2.45) is 16.3 Å². The summed E-state index contributed by atoms with van der Waals surface area (Å²) in [5.74, 6) is 2.58. The Labute approximate surface area is 193 Å². The number of para-hydroxylation sites is 2. The Bertz CT molecular complexity index is 1150.